The zero-order valence-corrected chi connectivity index (χ0v) is 32.0. The molecule has 1 rings (SSSR count). The highest BCUT2D eigenvalue weighted by Crippen LogP contribution is 2.47. The lowest BCUT2D eigenvalue weighted by Gasteiger charge is -2.41. The molecule has 1 aliphatic rings. The van der Waals surface area contributed by atoms with E-state index in [-0.39, 0.29) is 12.8 Å². The predicted molar refractivity (Wildman–Crippen MR) is 194 cm³/mol. The van der Waals surface area contributed by atoms with E-state index in [2.05, 4.69) is 26.0 Å². The fraction of sp³-hybridized carbons (Fsp3) is 0.892. The second kappa shape index (κ2) is 29.0. The van der Waals surface area contributed by atoms with E-state index in [9.17, 15) is 44.6 Å². The highest BCUT2D eigenvalue weighted by atomic mass is 31.2. The van der Waals surface area contributed by atoms with Crippen LogP contribution >= 0.6 is 7.82 Å². The number of rotatable bonds is 31. The summed E-state index contributed by atoms with van der Waals surface area (Å²) in [5.74, 6) is -1.13. The van der Waals surface area contributed by atoms with Gasteiger partial charge in [0.1, 0.15) is 43.2 Å². The number of aliphatic hydroxyl groups is 5. The van der Waals surface area contributed by atoms with Gasteiger partial charge in [0.15, 0.2) is 6.10 Å². The van der Waals surface area contributed by atoms with Crippen molar-refractivity contribution in [2.45, 2.75) is 198 Å². The van der Waals surface area contributed by atoms with Gasteiger partial charge >= 0.3 is 19.8 Å². The number of allylic oxidation sites excluding steroid dienone is 2. The summed E-state index contributed by atoms with van der Waals surface area (Å²) in [6.45, 7) is 3.19. The zero-order chi connectivity index (χ0) is 37.9. The van der Waals surface area contributed by atoms with Crippen molar-refractivity contribution in [3.8, 4) is 0 Å². The maximum absolute atomic E-state index is 12.7. The van der Waals surface area contributed by atoms with E-state index < -0.39 is 75.7 Å². The molecule has 0 spiro atoms. The molecule has 1 saturated carbocycles. The molecule has 1 aliphatic carbocycles. The van der Waals surface area contributed by atoms with Gasteiger partial charge in [0.05, 0.1) is 6.61 Å². The number of aliphatic hydroxyl groups excluding tert-OH is 5. The summed E-state index contributed by atoms with van der Waals surface area (Å²) in [4.78, 5) is 35.3. The Morgan fingerprint density at radius 2 is 1.00 bits per heavy atom. The van der Waals surface area contributed by atoms with Gasteiger partial charge in [0.25, 0.3) is 0 Å². The smallest absolute Gasteiger partial charge is 0.462 e. The average Bonchev–Trinajstić information content (AvgIpc) is 3.10. The minimum absolute atomic E-state index is 0.0699. The standard InChI is InChI=1S/C37H69O13P/c1-3-5-7-9-11-12-13-14-15-16-17-18-20-22-24-26-31(39)49-29(27-47-30(38)25-23-21-19-10-8-6-4-2)28-48-51(45,46)50-37-35(43)33(41)32(40)34(42)36(37)44/h17-18,29,32-37,40-44H,3-16,19-28H2,1-2H3,(H,45,46)/b18-17+/t29-,32?,33-,34?,35?,36?,37?/m1/s1. The topological polar surface area (TPSA) is 210 Å². The van der Waals surface area contributed by atoms with Crippen molar-refractivity contribution in [2.75, 3.05) is 13.2 Å². The first kappa shape index (κ1) is 47.6. The second-order valence-corrected chi connectivity index (χ2v) is 15.2. The van der Waals surface area contributed by atoms with Crippen LogP contribution in [0.15, 0.2) is 12.2 Å². The van der Waals surface area contributed by atoms with Crippen LogP contribution in [0.4, 0.5) is 0 Å². The first-order chi connectivity index (χ1) is 24.4. The minimum Gasteiger partial charge on any atom is -0.462 e. The first-order valence-corrected chi connectivity index (χ1v) is 21.0. The van der Waals surface area contributed by atoms with Crippen LogP contribution < -0.4 is 0 Å². The van der Waals surface area contributed by atoms with Crippen molar-refractivity contribution >= 4 is 19.8 Å². The lowest BCUT2D eigenvalue weighted by atomic mass is 9.85. The van der Waals surface area contributed by atoms with Crippen molar-refractivity contribution in [1.82, 2.24) is 0 Å². The molecule has 51 heavy (non-hydrogen) atoms. The Morgan fingerprint density at radius 1 is 0.588 bits per heavy atom. The molecule has 0 bridgehead atoms. The predicted octanol–water partition coefficient (Wildman–Crippen LogP) is 5.94. The second-order valence-electron chi connectivity index (χ2n) is 13.8. The summed E-state index contributed by atoms with van der Waals surface area (Å²) in [5.41, 5.74) is 0. The summed E-state index contributed by atoms with van der Waals surface area (Å²) in [6.07, 6.45) is 13.2. The molecule has 14 heteroatoms. The number of phosphoric ester groups is 1. The number of ether oxygens (including phenoxy) is 2. The normalized spacial score (nSPS) is 24.0. The van der Waals surface area contributed by atoms with E-state index in [4.69, 9.17) is 18.5 Å². The molecule has 0 amide bonds. The lowest BCUT2D eigenvalue weighted by molar-refractivity contribution is -0.220. The number of carbonyl (C=O) groups excluding carboxylic acids is 2. The van der Waals surface area contributed by atoms with Gasteiger partial charge in [0, 0.05) is 12.8 Å². The molecule has 0 radical (unpaired) electrons. The summed E-state index contributed by atoms with van der Waals surface area (Å²) in [5, 5.41) is 49.8. The van der Waals surface area contributed by atoms with Gasteiger partial charge in [-0.3, -0.25) is 18.6 Å². The van der Waals surface area contributed by atoms with Crippen molar-refractivity contribution < 1.29 is 63.1 Å². The van der Waals surface area contributed by atoms with E-state index in [0.29, 0.717) is 12.8 Å². The average molecular weight is 753 g/mol. The van der Waals surface area contributed by atoms with E-state index in [1.807, 2.05) is 0 Å². The van der Waals surface area contributed by atoms with E-state index in [1.165, 1.54) is 64.2 Å². The number of esters is 2. The Labute approximate surface area is 305 Å². The van der Waals surface area contributed by atoms with Crippen LogP contribution in [0.25, 0.3) is 0 Å². The summed E-state index contributed by atoms with van der Waals surface area (Å²) >= 11 is 0. The Kier molecular flexibility index (Phi) is 27.1. The minimum atomic E-state index is -5.10. The van der Waals surface area contributed by atoms with Crippen molar-refractivity contribution in [3.63, 3.8) is 0 Å². The number of hydrogen-bond acceptors (Lipinski definition) is 12. The molecule has 0 aromatic rings. The third kappa shape index (κ3) is 22.4. The molecule has 6 unspecified atom stereocenters. The number of hydrogen-bond donors (Lipinski definition) is 6. The third-order valence-electron chi connectivity index (χ3n) is 9.11. The third-order valence-corrected chi connectivity index (χ3v) is 10.1. The Bertz CT molecular complexity index is 964. The molecule has 13 nitrogen and oxygen atoms in total. The molecule has 0 saturated heterocycles. The molecule has 300 valence electrons. The van der Waals surface area contributed by atoms with Gasteiger partial charge < -0.3 is 39.9 Å². The van der Waals surface area contributed by atoms with E-state index in [0.717, 1.165) is 51.4 Å². The zero-order valence-electron chi connectivity index (χ0n) is 31.2. The fourth-order valence-corrected chi connectivity index (χ4v) is 6.84. The summed E-state index contributed by atoms with van der Waals surface area (Å²) in [7, 11) is -5.10. The van der Waals surface area contributed by atoms with Gasteiger partial charge in [0.2, 0.25) is 0 Å². The quantitative estimate of drug-likeness (QED) is 0.0210. The summed E-state index contributed by atoms with van der Waals surface area (Å²) < 4.78 is 33.2. The van der Waals surface area contributed by atoms with Gasteiger partial charge in [-0.05, 0) is 38.5 Å². The van der Waals surface area contributed by atoms with E-state index >= 15 is 0 Å². The van der Waals surface area contributed by atoms with Crippen LogP contribution in [-0.4, -0.2) is 98.3 Å². The molecular weight excluding hydrogens is 683 g/mol. The largest absolute Gasteiger partial charge is 0.472 e. The van der Waals surface area contributed by atoms with Crippen LogP contribution in [0.1, 0.15) is 155 Å². The number of phosphoric acid groups is 1. The van der Waals surface area contributed by atoms with Crippen LogP contribution in [0.2, 0.25) is 0 Å². The van der Waals surface area contributed by atoms with Crippen LogP contribution in [-0.2, 0) is 32.7 Å². The van der Waals surface area contributed by atoms with Crippen LogP contribution in [0.3, 0.4) is 0 Å². The number of unbranched alkanes of at least 4 members (excludes halogenated alkanes) is 17. The molecule has 8 atom stereocenters. The van der Waals surface area contributed by atoms with Crippen LogP contribution in [0.5, 0.6) is 0 Å². The highest BCUT2D eigenvalue weighted by molar-refractivity contribution is 7.47. The lowest BCUT2D eigenvalue weighted by Crippen LogP contribution is -2.64. The van der Waals surface area contributed by atoms with Crippen molar-refractivity contribution in [3.05, 3.63) is 12.2 Å². The number of carbonyl (C=O) groups is 2. The van der Waals surface area contributed by atoms with Crippen molar-refractivity contribution in [1.29, 1.82) is 0 Å². The Morgan fingerprint density at radius 3 is 1.53 bits per heavy atom. The van der Waals surface area contributed by atoms with Crippen LogP contribution in [0, 0.1) is 0 Å². The molecular formula is C37H69O13P. The molecule has 0 aliphatic heterocycles. The van der Waals surface area contributed by atoms with Gasteiger partial charge in [-0.25, -0.2) is 4.57 Å². The molecule has 0 aromatic carbocycles. The molecule has 0 heterocycles. The molecule has 6 N–H and O–H groups in total. The Balaban J connectivity index is 2.53. The fourth-order valence-electron chi connectivity index (χ4n) is 5.87. The summed E-state index contributed by atoms with van der Waals surface area (Å²) in [6, 6.07) is 0. The molecule has 0 aromatic heterocycles. The Hall–Kier alpha value is -1.41. The maximum Gasteiger partial charge on any atom is 0.472 e. The SMILES string of the molecule is CCCCCCCCCCC/C=C/CCCCC(=O)O[C@H](COC(=O)CCCCCCCCC)COP(=O)(O)OC1C(O)C(O)C(O)[C@@H](O)C1O. The maximum atomic E-state index is 12.7. The highest BCUT2D eigenvalue weighted by Gasteiger charge is 2.51. The molecule has 1 fully saturated rings. The van der Waals surface area contributed by atoms with E-state index in [1.54, 1.807) is 0 Å². The first-order valence-electron chi connectivity index (χ1n) is 19.5. The van der Waals surface area contributed by atoms with Gasteiger partial charge in [-0.15, -0.1) is 0 Å². The van der Waals surface area contributed by atoms with Gasteiger partial charge in [-0.2, -0.15) is 0 Å². The monoisotopic (exact) mass is 752 g/mol. The van der Waals surface area contributed by atoms with Gasteiger partial charge in [-0.1, -0.05) is 116 Å². The van der Waals surface area contributed by atoms with Crippen molar-refractivity contribution in [2.24, 2.45) is 0 Å².